The summed E-state index contributed by atoms with van der Waals surface area (Å²) in [5.74, 6) is -0.361. The van der Waals surface area contributed by atoms with Gasteiger partial charge in [-0.1, -0.05) is 17.3 Å². The average molecular weight is 320 g/mol. The highest BCUT2D eigenvalue weighted by Gasteiger charge is 2.10. The van der Waals surface area contributed by atoms with Gasteiger partial charge in [-0.25, -0.2) is 9.67 Å². The van der Waals surface area contributed by atoms with Crippen LogP contribution in [0, 0.1) is 0 Å². The van der Waals surface area contributed by atoms with E-state index in [4.69, 9.17) is 0 Å². The van der Waals surface area contributed by atoms with Gasteiger partial charge in [0.2, 0.25) is 5.91 Å². The Morgan fingerprint density at radius 3 is 2.96 bits per heavy atom. The van der Waals surface area contributed by atoms with Gasteiger partial charge in [-0.2, -0.15) is 0 Å². The summed E-state index contributed by atoms with van der Waals surface area (Å²) in [6, 6.07) is 12.2. The number of anilines is 1. The number of carbonyl (C=O) groups excluding carboxylic acids is 1. The van der Waals surface area contributed by atoms with Gasteiger partial charge >= 0.3 is 0 Å². The molecule has 0 aliphatic carbocycles. The number of aromatic nitrogens is 5. The lowest BCUT2D eigenvalue weighted by atomic mass is 10.2. The van der Waals surface area contributed by atoms with E-state index in [1.54, 1.807) is 48.8 Å². The number of aromatic amines is 1. The number of H-pyrrole nitrogens is 1. The van der Waals surface area contributed by atoms with Crippen molar-refractivity contribution in [2.24, 2.45) is 0 Å². The molecule has 0 atom stereocenters. The highest BCUT2D eigenvalue weighted by atomic mass is 16.2. The van der Waals surface area contributed by atoms with Crippen LogP contribution in [0.15, 0.2) is 53.6 Å². The maximum atomic E-state index is 12.3. The first kappa shape index (κ1) is 14.1. The van der Waals surface area contributed by atoms with E-state index in [0.29, 0.717) is 16.6 Å². The van der Waals surface area contributed by atoms with Gasteiger partial charge in [-0.15, -0.1) is 5.10 Å². The van der Waals surface area contributed by atoms with Crippen LogP contribution in [0.2, 0.25) is 0 Å². The molecular formula is C16H12N6O2. The molecule has 8 heteroatoms. The van der Waals surface area contributed by atoms with Crippen molar-refractivity contribution >= 4 is 33.5 Å². The van der Waals surface area contributed by atoms with Crippen molar-refractivity contribution in [1.82, 2.24) is 25.0 Å². The van der Waals surface area contributed by atoms with Crippen molar-refractivity contribution in [1.29, 1.82) is 0 Å². The van der Waals surface area contributed by atoms with Crippen LogP contribution in [-0.2, 0) is 11.3 Å². The Hall–Kier alpha value is -3.55. The minimum Gasteiger partial charge on any atom is -0.345 e. The molecule has 0 bridgehead atoms. The minimum atomic E-state index is -0.361. The van der Waals surface area contributed by atoms with E-state index in [0.717, 1.165) is 15.7 Å². The van der Waals surface area contributed by atoms with Crippen LogP contribution >= 0.6 is 0 Å². The molecule has 0 unspecified atom stereocenters. The Kier molecular flexibility index (Phi) is 3.27. The van der Waals surface area contributed by atoms with Crippen molar-refractivity contribution in [3.8, 4) is 0 Å². The largest absolute Gasteiger partial charge is 0.345 e. The second-order valence-corrected chi connectivity index (χ2v) is 5.25. The van der Waals surface area contributed by atoms with Crippen LogP contribution < -0.4 is 10.9 Å². The van der Waals surface area contributed by atoms with E-state index in [2.05, 4.69) is 25.6 Å². The fourth-order valence-corrected chi connectivity index (χ4v) is 2.48. The van der Waals surface area contributed by atoms with Gasteiger partial charge in [-0.3, -0.25) is 9.59 Å². The van der Waals surface area contributed by atoms with Gasteiger partial charge in [0.25, 0.3) is 5.56 Å². The van der Waals surface area contributed by atoms with Crippen molar-refractivity contribution in [2.45, 2.75) is 6.54 Å². The van der Waals surface area contributed by atoms with E-state index in [1.165, 1.54) is 0 Å². The van der Waals surface area contributed by atoms with Crippen LogP contribution in [0.1, 0.15) is 0 Å². The highest BCUT2D eigenvalue weighted by molar-refractivity contribution is 5.92. The van der Waals surface area contributed by atoms with Gasteiger partial charge in [-0.05, 0) is 30.3 Å². The minimum absolute atomic E-state index is 0.211. The molecular weight excluding hydrogens is 308 g/mol. The smallest absolute Gasteiger partial charge is 0.278 e. The lowest BCUT2D eigenvalue weighted by molar-refractivity contribution is -0.117. The first-order valence-corrected chi connectivity index (χ1v) is 7.26. The molecule has 0 fully saturated rings. The highest BCUT2D eigenvalue weighted by Crippen LogP contribution is 2.15. The second-order valence-electron chi connectivity index (χ2n) is 5.25. The predicted molar refractivity (Wildman–Crippen MR) is 88.5 cm³/mol. The normalized spacial score (nSPS) is 11.0. The third-order valence-corrected chi connectivity index (χ3v) is 3.63. The topological polar surface area (TPSA) is 106 Å². The molecule has 0 spiro atoms. The number of hydrogen-bond acceptors (Lipinski definition) is 5. The number of imidazole rings is 1. The SMILES string of the molecule is O=C(Cn1nnc2ccccc2c1=O)Nc1ccc2nc[nH]c2c1. The zero-order valence-electron chi connectivity index (χ0n) is 12.4. The molecule has 0 aliphatic heterocycles. The maximum Gasteiger partial charge on any atom is 0.278 e. The number of hydrogen-bond donors (Lipinski definition) is 2. The first-order valence-electron chi connectivity index (χ1n) is 7.26. The van der Waals surface area contributed by atoms with Crippen molar-refractivity contribution in [3.63, 3.8) is 0 Å². The number of rotatable bonds is 3. The molecule has 0 radical (unpaired) electrons. The zero-order valence-corrected chi connectivity index (χ0v) is 12.4. The Morgan fingerprint density at radius 1 is 1.17 bits per heavy atom. The molecule has 8 nitrogen and oxygen atoms in total. The molecule has 2 aromatic heterocycles. The summed E-state index contributed by atoms with van der Waals surface area (Å²) in [6.07, 6.45) is 1.58. The average Bonchev–Trinajstić information content (AvgIpc) is 3.05. The van der Waals surface area contributed by atoms with E-state index in [1.807, 2.05) is 0 Å². The summed E-state index contributed by atoms with van der Waals surface area (Å²) >= 11 is 0. The number of nitrogens with one attached hydrogen (secondary N) is 2. The fourth-order valence-electron chi connectivity index (χ4n) is 2.48. The van der Waals surface area contributed by atoms with Crippen molar-refractivity contribution < 1.29 is 4.79 Å². The summed E-state index contributed by atoms with van der Waals surface area (Å²) in [5.41, 5.74) is 2.39. The van der Waals surface area contributed by atoms with Crippen LogP contribution in [0.4, 0.5) is 5.69 Å². The number of fused-ring (bicyclic) bond motifs is 2. The van der Waals surface area contributed by atoms with Gasteiger partial charge in [0.05, 0.1) is 22.7 Å². The molecule has 2 N–H and O–H groups in total. The lowest BCUT2D eigenvalue weighted by Crippen LogP contribution is -2.30. The van der Waals surface area contributed by atoms with E-state index in [-0.39, 0.29) is 18.0 Å². The monoisotopic (exact) mass is 320 g/mol. The van der Waals surface area contributed by atoms with Gasteiger partial charge in [0, 0.05) is 5.69 Å². The number of amides is 1. The van der Waals surface area contributed by atoms with Crippen molar-refractivity contribution in [2.75, 3.05) is 5.32 Å². The Balaban J connectivity index is 1.57. The zero-order chi connectivity index (χ0) is 16.5. The molecule has 0 saturated heterocycles. The van der Waals surface area contributed by atoms with E-state index in [9.17, 15) is 9.59 Å². The summed E-state index contributed by atoms with van der Waals surface area (Å²) in [5, 5.41) is 10.9. The van der Waals surface area contributed by atoms with E-state index < -0.39 is 0 Å². The molecule has 1 amide bonds. The third-order valence-electron chi connectivity index (χ3n) is 3.63. The predicted octanol–water partition coefficient (Wildman–Crippen LogP) is 1.31. The summed E-state index contributed by atoms with van der Waals surface area (Å²) in [7, 11) is 0. The van der Waals surface area contributed by atoms with E-state index >= 15 is 0 Å². The maximum absolute atomic E-state index is 12.3. The molecule has 4 rings (SSSR count). The number of carbonyl (C=O) groups is 1. The van der Waals surface area contributed by atoms with Crippen molar-refractivity contribution in [3.05, 3.63) is 59.1 Å². The van der Waals surface area contributed by atoms with Gasteiger partial charge in [0.1, 0.15) is 12.1 Å². The standard InChI is InChI=1S/C16H12N6O2/c23-15(19-10-5-6-13-14(7-10)18-9-17-13)8-22-16(24)11-3-1-2-4-12(11)20-21-22/h1-7,9H,8H2,(H,17,18)(H,19,23). The molecule has 2 aromatic carbocycles. The number of nitrogens with zero attached hydrogens (tertiary/aromatic N) is 4. The van der Waals surface area contributed by atoms with Crippen LogP contribution in [-0.4, -0.2) is 30.9 Å². The third kappa shape index (κ3) is 2.50. The first-order chi connectivity index (χ1) is 11.7. The number of benzene rings is 2. The summed E-state index contributed by atoms with van der Waals surface area (Å²) in [6.45, 7) is -0.211. The molecule has 24 heavy (non-hydrogen) atoms. The van der Waals surface area contributed by atoms with Crippen LogP contribution in [0.3, 0.4) is 0 Å². The summed E-state index contributed by atoms with van der Waals surface area (Å²) in [4.78, 5) is 31.6. The fraction of sp³-hybridized carbons (Fsp3) is 0.0625. The quantitative estimate of drug-likeness (QED) is 0.592. The van der Waals surface area contributed by atoms with Gasteiger partial charge < -0.3 is 10.3 Å². The molecule has 0 aliphatic rings. The lowest BCUT2D eigenvalue weighted by Gasteiger charge is -2.07. The Bertz CT molecular complexity index is 1110. The molecule has 0 saturated carbocycles. The summed E-state index contributed by atoms with van der Waals surface area (Å²) < 4.78 is 1.05. The molecule has 2 heterocycles. The molecule has 4 aromatic rings. The second kappa shape index (κ2) is 5.58. The Labute approximate surface area is 135 Å². The Morgan fingerprint density at radius 2 is 2.04 bits per heavy atom. The van der Waals surface area contributed by atoms with Gasteiger partial charge in [0.15, 0.2) is 0 Å². The molecule has 118 valence electrons. The van der Waals surface area contributed by atoms with Crippen LogP contribution in [0.5, 0.6) is 0 Å². The van der Waals surface area contributed by atoms with Crippen LogP contribution in [0.25, 0.3) is 21.9 Å².